The van der Waals surface area contributed by atoms with E-state index in [4.69, 9.17) is 0 Å². The fourth-order valence-corrected chi connectivity index (χ4v) is 2.39. The van der Waals surface area contributed by atoms with Crippen LogP contribution in [0.3, 0.4) is 0 Å². The standard InChI is InChI=1S/C13H25NO/c1-11(2)13-5-4-8-14(10-7-13)9-6-12(3)15/h11,13H,4-10H2,1-3H3. The van der Waals surface area contributed by atoms with Crippen molar-refractivity contribution in [3.05, 3.63) is 0 Å². The van der Waals surface area contributed by atoms with Crippen molar-refractivity contribution >= 4 is 5.78 Å². The second-order valence-corrected chi connectivity index (χ2v) is 5.23. The van der Waals surface area contributed by atoms with Crippen LogP contribution in [0.1, 0.15) is 46.5 Å². The average molecular weight is 211 g/mol. The summed E-state index contributed by atoms with van der Waals surface area (Å²) in [6.45, 7) is 9.70. The molecule has 0 N–H and O–H groups in total. The number of carbonyl (C=O) groups excluding carboxylic acids is 1. The molecule has 1 rings (SSSR count). The van der Waals surface area contributed by atoms with E-state index in [2.05, 4.69) is 18.7 Å². The van der Waals surface area contributed by atoms with E-state index in [1.807, 2.05) is 0 Å². The first-order chi connectivity index (χ1) is 7.09. The first kappa shape index (κ1) is 12.7. The third-order valence-corrected chi connectivity index (χ3v) is 3.59. The topological polar surface area (TPSA) is 20.3 Å². The first-order valence-electron chi connectivity index (χ1n) is 6.31. The molecule has 0 saturated carbocycles. The Morgan fingerprint density at radius 3 is 2.67 bits per heavy atom. The van der Waals surface area contributed by atoms with Crippen molar-refractivity contribution < 1.29 is 4.79 Å². The maximum absolute atomic E-state index is 10.9. The molecule has 1 fully saturated rings. The van der Waals surface area contributed by atoms with Gasteiger partial charge in [0.25, 0.3) is 0 Å². The molecule has 0 aromatic rings. The van der Waals surface area contributed by atoms with Gasteiger partial charge in [0.1, 0.15) is 5.78 Å². The second-order valence-electron chi connectivity index (χ2n) is 5.23. The lowest BCUT2D eigenvalue weighted by Gasteiger charge is -2.20. The molecule has 0 bridgehead atoms. The van der Waals surface area contributed by atoms with Crippen molar-refractivity contribution in [3.63, 3.8) is 0 Å². The number of hydrogen-bond donors (Lipinski definition) is 0. The van der Waals surface area contributed by atoms with Crippen molar-refractivity contribution in [1.29, 1.82) is 0 Å². The molecule has 1 aliphatic rings. The van der Waals surface area contributed by atoms with Crippen LogP contribution in [0.15, 0.2) is 0 Å². The maximum Gasteiger partial charge on any atom is 0.131 e. The van der Waals surface area contributed by atoms with Gasteiger partial charge in [0.05, 0.1) is 0 Å². The number of likely N-dealkylation sites (tertiary alicyclic amines) is 1. The van der Waals surface area contributed by atoms with Crippen LogP contribution in [0.25, 0.3) is 0 Å². The van der Waals surface area contributed by atoms with E-state index in [0.717, 1.165) is 24.8 Å². The molecule has 15 heavy (non-hydrogen) atoms. The van der Waals surface area contributed by atoms with Crippen LogP contribution in [0, 0.1) is 11.8 Å². The van der Waals surface area contributed by atoms with Gasteiger partial charge >= 0.3 is 0 Å². The monoisotopic (exact) mass is 211 g/mol. The zero-order valence-electron chi connectivity index (χ0n) is 10.5. The molecule has 0 aromatic carbocycles. The summed E-state index contributed by atoms with van der Waals surface area (Å²) in [6, 6.07) is 0. The summed E-state index contributed by atoms with van der Waals surface area (Å²) in [5.74, 6) is 2.03. The number of rotatable bonds is 4. The van der Waals surface area contributed by atoms with Crippen LogP contribution in [0.4, 0.5) is 0 Å². The molecule has 1 aliphatic heterocycles. The fourth-order valence-electron chi connectivity index (χ4n) is 2.39. The Balaban J connectivity index is 2.29. The molecule has 0 aromatic heterocycles. The van der Waals surface area contributed by atoms with Gasteiger partial charge in [0.15, 0.2) is 0 Å². The second kappa shape index (κ2) is 6.26. The van der Waals surface area contributed by atoms with E-state index in [1.165, 1.54) is 32.4 Å². The minimum absolute atomic E-state index is 0.319. The predicted octanol–water partition coefficient (Wildman–Crippen LogP) is 2.72. The van der Waals surface area contributed by atoms with Crippen molar-refractivity contribution in [1.82, 2.24) is 4.90 Å². The molecule has 1 unspecified atom stereocenters. The predicted molar refractivity (Wildman–Crippen MR) is 63.9 cm³/mol. The number of hydrogen-bond acceptors (Lipinski definition) is 2. The summed E-state index contributed by atoms with van der Waals surface area (Å²) in [7, 11) is 0. The van der Waals surface area contributed by atoms with Crippen LogP contribution in [-0.4, -0.2) is 30.3 Å². The van der Waals surface area contributed by atoms with Crippen molar-refractivity contribution in [2.75, 3.05) is 19.6 Å². The molecule has 0 radical (unpaired) electrons. The van der Waals surface area contributed by atoms with Gasteiger partial charge in [0, 0.05) is 13.0 Å². The quantitative estimate of drug-likeness (QED) is 0.712. The van der Waals surface area contributed by atoms with Crippen molar-refractivity contribution in [3.8, 4) is 0 Å². The van der Waals surface area contributed by atoms with E-state index in [1.54, 1.807) is 6.92 Å². The normalized spacial score (nSPS) is 24.1. The SMILES string of the molecule is CC(=O)CCN1CCCC(C(C)C)CC1. The Labute approximate surface area is 94.0 Å². The number of carbonyl (C=O) groups is 1. The van der Waals surface area contributed by atoms with Gasteiger partial charge in [-0.1, -0.05) is 13.8 Å². The van der Waals surface area contributed by atoms with Gasteiger partial charge in [0.2, 0.25) is 0 Å². The molecule has 1 saturated heterocycles. The van der Waals surface area contributed by atoms with Gasteiger partial charge in [-0.3, -0.25) is 4.79 Å². The Kier molecular flexibility index (Phi) is 5.30. The van der Waals surface area contributed by atoms with Gasteiger partial charge in [-0.25, -0.2) is 0 Å². The van der Waals surface area contributed by atoms with E-state index in [9.17, 15) is 4.79 Å². The van der Waals surface area contributed by atoms with Gasteiger partial charge in [-0.2, -0.15) is 0 Å². The lowest BCUT2D eigenvalue weighted by atomic mass is 9.89. The van der Waals surface area contributed by atoms with Crippen LogP contribution in [0.2, 0.25) is 0 Å². The Bertz CT molecular complexity index is 201. The highest BCUT2D eigenvalue weighted by atomic mass is 16.1. The minimum atomic E-state index is 0.319. The Hall–Kier alpha value is -0.370. The molecule has 2 heteroatoms. The highest BCUT2D eigenvalue weighted by Gasteiger charge is 2.19. The summed E-state index contributed by atoms with van der Waals surface area (Å²) in [4.78, 5) is 13.4. The third-order valence-electron chi connectivity index (χ3n) is 3.59. The molecule has 2 nitrogen and oxygen atoms in total. The Morgan fingerprint density at radius 2 is 2.07 bits per heavy atom. The van der Waals surface area contributed by atoms with Gasteiger partial charge in [-0.05, 0) is 51.1 Å². The van der Waals surface area contributed by atoms with Crippen molar-refractivity contribution in [2.24, 2.45) is 11.8 Å². The summed E-state index contributed by atoms with van der Waals surface area (Å²) >= 11 is 0. The molecule has 0 aliphatic carbocycles. The smallest absolute Gasteiger partial charge is 0.131 e. The van der Waals surface area contributed by atoms with Crippen LogP contribution in [-0.2, 0) is 4.79 Å². The summed E-state index contributed by atoms with van der Waals surface area (Å²) in [5, 5.41) is 0. The highest BCUT2D eigenvalue weighted by molar-refractivity contribution is 5.75. The molecule has 1 heterocycles. The zero-order valence-corrected chi connectivity index (χ0v) is 10.5. The van der Waals surface area contributed by atoms with E-state index >= 15 is 0 Å². The van der Waals surface area contributed by atoms with Crippen LogP contribution >= 0.6 is 0 Å². The molecule has 0 spiro atoms. The van der Waals surface area contributed by atoms with E-state index < -0.39 is 0 Å². The van der Waals surface area contributed by atoms with E-state index in [-0.39, 0.29) is 0 Å². The number of Topliss-reactive ketones (excluding diaryl/α,β-unsaturated/α-hetero) is 1. The van der Waals surface area contributed by atoms with Crippen LogP contribution < -0.4 is 0 Å². The molecular formula is C13H25NO. The largest absolute Gasteiger partial charge is 0.303 e. The average Bonchev–Trinajstić information content (AvgIpc) is 2.39. The fraction of sp³-hybridized carbons (Fsp3) is 0.923. The summed E-state index contributed by atoms with van der Waals surface area (Å²) in [6.07, 6.45) is 4.72. The highest BCUT2D eigenvalue weighted by Crippen LogP contribution is 2.24. The summed E-state index contributed by atoms with van der Waals surface area (Å²) < 4.78 is 0. The minimum Gasteiger partial charge on any atom is -0.303 e. The van der Waals surface area contributed by atoms with Crippen molar-refractivity contribution in [2.45, 2.75) is 46.5 Å². The number of ketones is 1. The lowest BCUT2D eigenvalue weighted by Crippen LogP contribution is -2.27. The molecular weight excluding hydrogens is 186 g/mol. The summed E-state index contributed by atoms with van der Waals surface area (Å²) in [5.41, 5.74) is 0. The van der Waals surface area contributed by atoms with Gasteiger partial charge < -0.3 is 4.90 Å². The zero-order chi connectivity index (χ0) is 11.3. The third kappa shape index (κ3) is 4.78. The molecule has 0 amide bonds. The van der Waals surface area contributed by atoms with Gasteiger partial charge in [-0.15, -0.1) is 0 Å². The molecule has 1 atom stereocenters. The number of nitrogens with zero attached hydrogens (tertiary/aromatic N) is 1. The van der Waals surface area contributed by atoms with Crippen LogP contribution in [0.5, 0.6) is 0 Å². The molecule has 88 valence electrons. The lowest BCUT2D eigenvalue weighted by molar-refractivity contribution is -0.117. The Morgan fingerprint density at radius 1 is 1.33 bits per heavy atom. The van der Waals surface area contributed by atoms with E-state index in [0.29, 0.717) is 5.78 Å². The maximum atomic E-state index is 10.9. The first-order valence-corrected chi connectivity index (χ1v) is 6.31.